The largest absolute Gasteiger partial charge is 0.310 e. The molecule has 0 aliphatic carbocycles. The summed E-state index contributed by atoms with van der Waals surface area (Å²) >= 11 is 1.90. The third kappa shape index (κ3) is 4.01. The summed E-state index contributed by atoms with van der Waals surface area (Å²) in [7, 11) is 0. The number of nitrogens with one attached hydrogen (secondary N) is 2. The first-order valence-corrected chi connectivity index (χ1v) is 7.78. The van der Waals surface area contributed by atoms with Crippen LogP contribution in [0.5, 0.6) is 0 Å². The standard InChI is InChI=1S/C15H24N2S/c1-4-18-14-7-5-12(6-8-14)10-16-13-9-15(2,3)17-11-13/h5-8,13,16-17H,4,9-11H2,1-3H3. The van der Waals surface area contributed by atoms with Gasteiger partial charge in [-0.05, 0) is 43.7 Å². The number of benzene rings is 1. The maximum atomic E-state index is 3.64. The third-order valence-electron chi connectivity index (χ3n) is 3.41. The van der Waals surface area contributed by atoms with Gasteiger partial charge in [-0.15, -0.1) is 11.8 Å². The quantitative estimate of drug-likeness (QED) is 0.799. The predicted molar refractivity (Wildman–Crippen MR) is 80.2 cm³/mol. The van der Waals surface area contributed by atoms with E-state index in [1.54, 1.807) is 0 Å². The molecule has 0 amide bonds. The molecule has 0 spiro atoms. The van der Waals surface area contributed by atoms with E-state index < -0.39 is 0 Å². The van der Waals surface area contributed by atoms with Crippen LogP contribution in [0.25, 0.3) is 0 Å². The minimum Gasteiger partial charge on any atom is -0.310 e. The highest BCUT2D eigenvalue weighted by Crippen LogP contribution is 2.19. The van der Waals surface area contributed by atoms with Gasteiger partial charge in [0.2, 0.25) is 0 Å². The van der Waals surface area contributed by atoms with E-state index in [1.165, 1.54) is 16.9 Å². The van der Waals surface area contributed by atoms with Crippen LogP contribution in [0.3, 0.4) is 0 Å². The normalized spacial score (nSPS) is 22.3. The second kappa shape index (κ2) is 6.09. The Labute approximate surface area is 115 Å². The van der Waals surface area contributed by atoms with Gasteiger partial charge in [0, 0.05) is 29.6 Å². The van der Waals surface area contributed by atoms with Crippen molar-refractivity contribution in [2.24, 2.45) is 0 Å². The lowest BCUT2D eigenvalue weighted by Crippen LogP contribution is -2.31. The van der Waals surface area contributed by atoms with Gasteiger partial charge in [-0.3, -0.25) is 0 Å². The van der Waals surface area contributed by atoms with E-state index >= 15 is 0 Å². The monoisotopic (exact) mass is 264 g/mol. The van der Waals surface area contributed by atoms with Crippen molar-refractivity contribution in [1.82, 2.24) is 10.6 Å². The van der Waals surface area contributed by atoms with Crippen molar-refractivity contribution in [1.29, 1.82) is 0 Å². The fourth-order valence-electron chi connectivity index (χ4n) is 2.44. The van der Waals surface area contributed by atoms with Crippen molar-refractivity contribution in [2.75, 3.05) is 12.3 Å². The Morgan fingerprint density at radius 3 is 2.61 bits per heavy atom. The van der Waals surface area contributed by atoms with Gasteiger partial charge in [-0.2, -0.15) is 0 Å². The summed E-state index contributed by atoms with van der Waals surface area (Å²) in [6, 6.07) is 9.52. The molecular formula is C15H24N2S. The molecule has 1 aromatic rings. The Balaban J connectivity index is 1.80. The maximum absolute atomic E-state index is 3.64. The van der Waals surface area contributed by atoms with E-state index in [2.05, 4.69) is 55.7 Å². The highest BCUT2D eigenvalue weighted by Gasteiger charge is 2.29. The van der Waals surface area contributed by atoms with Gasteiger partial charge in [0.05, 0.1) is 0 Å². The Bertz CT molecular complexity index is 373. The van der Waals surface area contributed by atoms with E-state index in [4.69, 9.17) is 0 Å². The molecule has 0 bridgehead atoms. The maximum Gasteiger partial charge on any atom is 0.0213 e. The second-order valence-corrected chi connectivity index (χ2v) is 6.96. The summed E-state index contributed by atoms with van der Waals surface area (Å²) in [4.78, 5) is 1.37. The molecule has 1 aromatic carbocycles. The Kier molecular flexibility index (Phi) is 4.71. The summed E-state index contributed by atoms with van der Waals surface area (Å²) in [6.07, 6.45) is 1.21. The lowest BCUT2D eigenvalue weighted by Gasteiger charge is -2.17. The molecule has 1 fully saturated rings. The molecule has 2 nitrogen and oxygen atoms in total. The zero-order chi connectivity index (χ0) is 13.0. The van der Waals surface area contributed by atoms with E-state index in [9.17, 15) is 0 Å². The van der Waals surface area contributed by atoms with Crippen LogP contribution in [0.1, 0.15) is 32.8 Å². The van der Waals surface area contributed by atoms with Crippen LogP contribution >= 0.6 is 11.8 Å². The van der Waals surface area contributed by atoms with Crippen molar-refractivity contribution in [3.8, 4) is 0 Å². The van der Waals surface area contributed by atoms with Gasteiger partial charge < -0.3 is 10.6 Å². The van der Waals surface area contributed by atoms with Gasteiger partial charge in [-0.25, -0.2) is 0 Å². The highest BCUT2D eigenvalue weighted by molar-refractivity contribution is 7.99. The molecule has 1 saturated heterocycles. The molecule has 0 saturated carbocycles. The van der Waals surface area contributed by atoms with Crippen LogP contribution in [0.2, 0.25) is 0 Å². The summed E-state index contributed by atoms with van der Waals surface area (Å²) in [6.45, 7) is 8.78. The Morgan fingerprint density at radius 1 is 1.33 bits per heavy atom. The minimum absolute atomic E-state index is 0.291. The van der Waals surface area contributed by atoms with Crippen LogP contribution < -0.4 is 10.6 Å². The number of hydrogen-bond acceptors (Lipinski definition) is 3. The molecule has 3 heteroatoms. The molecule has 1 aliphatic heterocycles. The van der Waals surface area contributed by atoms with Crippen LogP contribution in [-0.2, 0) is 6.54 Å². The lowest BCUT2D eigenvalue weighted by atomic mass is 10.0. The highest BCUT2D eigenvalue weighted by atomic mass is 32.2. The van der Waals surface area contributed by atoms with E-state index in [0.717, 1.165) is 18.8 Å². The summed E-state index contributed by atoms with van der Waals surface area (Å²) < 4.78 is 0. The molecule has 0 radical (unpaired) electrons. The van der Waals surface area contributed by atoms with Crippen LogP contribution in [0.15, 0.2) is 29.2 Å². The zero-order valence-corrected chi connectivity index (χ0v) is 12.4. The molecule has 100 valence electrons. The van der Waals surface area contributed by atoms with Crippen LogP contribution in [0, 0.1) is 0 Å². The molecule has 18 heavy (non-hydrogen) atoms. The number of rotatable bonds is 5. The first kappa shape index (κ1) is 13.9. The summed E-state index contributed by atoms with van der Waals surface area (Å²) in [5, 5.41) is 7.18. The van der Waals surface area contributed by atoms with Crippen LogP contribution in [-0.4, -0.2) is 23.9 Å². The van der Waals surface area contributed by atoms with Crippen LogP contribution in [0.4, 0.5) is 0 Å². The third-order valence-corrected chi connectivity index (χ3v) is 4.31. The first-order valence-electron chi connectivity index (χ1n) is 6.79. The summed E-state index contributed by atoms with van der Waals surface area (Å²) in [5.41, 5.74) is 1.67. The first-order chi connectivity index (χ1) is 8.59. The zero-order valence-electron chi connectivity index (χ0n) is 11.6. The Morgan fingerprint density at radius 2 is 2.06 bits per heavy atom. The lowest BCUT2D eigenvalue weighted by molar-refractivity contribution is 0.442. The van der Waals surface area contributed by atoms with Gasteiger partial charge >= 0.3 is 0 Å². The van der Waals surface area contributed by atoms with Gasteiger partial charge in [0.15, 0.2) is 0 Å². The van der Waals surface area contributed by atoms with Crippen molar-refractivity contribution >= 4 is 11.8 Å². The molecule has 1 heterocycles. The van der Waals surface area contributed by atoms with Crippen molar-refractivity contribution < 1.29 is 0 Å². The summed E-state index contributed by atoms with van der Waals surface area (Å²) in [5.74, 6) is 1.14. The molecule has 1 unspecified atom stereocenters. The molecule has 0 aromatic heterocycles. The van der Waals surface area contributed by atoms with E-state index in [-0.39, 0.29) is 0 Å². The SMILES string of the molecule is CCSc1ccc(CNC2CNC(C)(C)C2)cc1. The van der Waals surface area contributed by atoms with E-state index in [1.807, 2.05) is 11.8 Å². The van der Waals surface area contributed by atoms with E-state index in [0.29, 0.717) is 11.6 Å². The molecule has 2 N–H and O–H groups in total. The smallest absolute Gasteiger partial charge is 0.0213 e. The van der Waals surface area contributed by atoms with Crippen molar-refractivity contribution in [2.45, 2.75) is 50.2 Å². The predicted octanol–water partition coefficient (Wildman–Crippen LogP) is 3.03. The Hall–Kier alpha value is -0.510. The fraction of sp³-hybridized carbons (Fsp3) is 0.600. The average Bonchev–Trinajstić information content (AvgIpc) is 2.69. The molecule has 1 aliphatic rings. The minimum atomic E-state index is 0.291. The van der Waals surface area contributed by atoms with Gasteiger partial charge in [0.25, 0.3) is 0 Å². The molecular weight excluding hydrogens is 240 g/mol. The molecule has 2 rings (SSSR count). The fourth-order valence-corrected chi connectivity index (χ4v) is 3.10. The topological polar surface area (TPSA) is 24.1 Å². The number of hydrogen-bond donors (Lipinski definition) is 2. The number of thioether (sulfide) groups is 1. The van der Waals surface area contributed by atoms with Crippen molar-refractivity contribution in [3.05, 3.63) is 29.8 Å². The van der Waals surface area contributed by atoms with Gasteiger partial charge in [0.1, 0.15) is 0 Å². The second-order valence-electron chi connectivity index (χ2n) is 5.62. The van der Waals surface area contributed by atoms with Crippen molar-refractivity contribution in [3.63, 3.8) is 0 Å². The average molecular weight is 264 g/mol. The van der Waals surface area contributed by atoms with Gasteiger partial charge in [-0.1, -0.05) is 19.1 Å². The molecule has 1 atom stereocenters.